The molecular weight excluding hydrogens is 449 g/mol. The summed E-state index contributed by atoms with van der Waals surface area (Å²) in [6, 6.07) is 5.17. The fourth-order valence-corrected chi connectivity index (χ4v) is 3.82. The quantitative estimate of drug-likeness (QED) is 0.324. The van der Waals surface area contributed by atoms with Crippen LogP contribution in [0.3, 0.4) is 0 Å². The molecule has 2 unspecified atom stereocenters. The molecule has 14 nitrogen and oxygen atoms in total. The molecule has 2 aromatic heterocycles. The van der Waals surface area contributed by atoms with Gasteiger partial charge in [-0.2, -0.15) is 0 Å². The maximum Gasteiger partial charge on any atom is 0.347 e. The molecule has 1 aliphatic rings. The number of nitrogen functional groups attached to an aromatic ring is 1. The van der Waals surface area contributed by atoms with Crippen LogP contribution in [-0.2, 0) is 18.3 Å². The number of nitrogens with two attached hydrogens (primary N) is 1. The van der Waals surface area contributed by atoms with Crippen molar-refractivity contribution in [3.05, 3.63) is 42.5 Å². The predicted molar refractivity (Wildman–Crippen MR) is 103 cm³/mol. The largest absolute Gasteiger partial charge is 0.746 e. The number of benzene rings is 1. The van der Waals surface area contributed by atoms with Crippen LogP contribution >= 0.6 is 7.82 Å². The molecule has 5 atom stereocenters. The second-order valence-electron chi connectivity index (χ2n) is 6.77. The average molecular weight is 466 g/mol. The Bertz CT molecular complexity index is 1200. The van der Waals surface area contributed by atoms with E-state index in [1.165, 1.54) is 35.4 Å². The average Bonchev–Trinajstić information content (AvgIpc) is 3.29. The summed E-state index contributed by atoms with van der Waals surface area (Å²) in [7, 11) is -5.20. The van der Waals surface area contributed by atoms with Crippen LogP contribution in [0.15, 0.2) is 36.9 Å². The number of rotatable bonds is 6. The summed E-state index contributed by atoms with van der Waals surface area (Å²) >= 11 is 0. The molecule has 3 aromatic rings. The normalized spacial score (nSPS) is 25.0. The lowest BCUT2D eigenvalue weighted by Crippen LogP contribution is -2.34. The number of aliphatic hydroxyl groups is 2. The highest BCUT2D eigenvalue weighted by Gasteiger charge is 2.45. The molecule has 0 aliphatic carbocycles. The number of nitrogens with zero attached hydrogens (tertiary/aromatic N) is 4. The highest BCUT2D eigenvalue weighted by atomic mass is 31.2. The first-order chi connectivity index (χ1) is 15.2. The van der Waals surface area contributed by atoms with Gasteiger partial charge in [-0.05, 0) is 12.1 Å². The van der Waals surface area contributed by atoms with Crippen LogP contribution < -0.4 is 10.6 Å². The van der Waals surface area contributed by atoms with Gasteiger partial charge in [-0.15, -0.1) is 0 Å². The molecule has 0 amide bonds. The van der Waals surface area contributed by atoms with Gasteiger partial charge in [0.1, 0.15) is 41.5 Å². The highest BCUT2D eigenvalue weighted by Crippen LogP contribution is 2.42. The van der Waals surface area contributed by atoms with Gasteiger partial charge in [-0.1, -0.05) is 12.1 Å². The van der Waals surface area contributed by atoms with Gasteiger partial charge < -0.3 is 39.7 Å². The number of fused-ring (bicyclic) bond motifs is 1. The van der Waals surface area contributed by atoms with Crippen molar-refractivity contribution in [2.24, 2.45) is 0 Å². The lowest BCUT2D eigenvalue weighted by atomic mass is 10.1. The number of hydrogen-bond acceptors (Lipinski definition) is 13. The zero-order valence-corrected chi connectivity index (χ0v) is 17.0. The molecule has 15 heteroatoms. The van der Waals surface area contributed by atoms with Gasteiger partial charge in [-0.25, -0.2) is 19.7 Å². The minimum absolute atomic E-state index is 0.0974. The number of hydrogen-bond donors (Lipinski definition) is 4. The van der Waals surface area contributed by atoms with Gasteiger partial charge >= 0.3 is 13.8 Å². The van der Waals surface area contributed by atoms with Crippen LogP contribution in [0.1, 0.15) is 16.6 Å². The number of phenols is 1. The molecule has 32 heavy (non-hydrogen) atoms. The van der Waals surface area contributed by atoms with Crippen LogP contribution in [0.4, 0.5) is 5.82 Å². The lowest BCUT2D eigenvalue weighted by molar-refractivity contribution is -0.222. The Hall–Kier alpha value is -3.13. The molecule has 1 aliphatic heterocycles. The van der Waals surface area contributed by atoms with Crippen molar-refractivity contribution < 1.29 is 43.4 Å². The van der Waals surface area contributed by atoms with E-state index in [0.29, 0.717) is 0 Å². The summed E-state index contributed by atoms with van der Waals surface area (Å²) < 4.78 is 27.8. The van der Waals surface area contributed by atoms with E-state index in [0.717, 1.165) is 6.07 Å². The molecule has 1 saturated heterocycles. The Morgan fingerprint density at radius 1 is 1.25 bits per heavy atom. The molecule has 1 fully saturated rings. The van der Waals surface area contributed by atoms with E-state index >= 15 is 0 Å². The monoisotopic (exact) mass is 466 g/mol. The van der Waals surface area contributed by atoms with Crippen molar-refractivity contribution in [3.8, 4) is 5.75 Å². The van der Waals surface area contributed by atoms with Crippen LogP contribution in [-0.4, -0.2) is 65.7 Å². The first-order valence-corrected chi connectivity index (χ1v) is 10.6. The Balaban J connectivity index is 1.43. The summed E-state index contributed by atoms with van der Waals surface area (Å²) in [5.41, 5.74) is 5.81. The van der Waals surface area contributed by atoms with Gasteiger partial charge in [0.25, 0.3) is 0 Å². The topological polar surface area (TPSA) is 215 Å². The van der Waals surface area contributed by atoms with Crippen molar-refractivity contribution in [1.29, 1.82) is 0 Å². The van der Waals surface area contributed by atoms with Crippen molar-refractivity contribution in [2.75, 3.05) is 12.3 Å². The van der Waals surface area contributed by atoms with Crippen molar-refractivity contribution >= 4 is 30.8 Å². The minimum Gasteiger partial charge on any atom is -0.746 e. The number of phosphoric acid groups is 1. The fourth-order valence-electron chi connectivity index (χ4n) is 3.14. The van der Waals surface area contributed by atoms with Gasteiger partial charge in [-0.3, -0.25) is 9.13 Å². The van der Waals surface area contributed by atoms with Crippen molar-refractivity contribution in [3.63, 3.8) is 0 Å². The number of carbonyl (C=O) groups excluding carboxylic acids is 1. The zero-order chi connectivity index (χ0) is 23.0. The third-order valence-corrected chi connectivity index (χ3v) is 5.57. The number of phenolic OH excluding ortho intramolecular Hbond substituents is 1. The SMILES string of the molecule is Nc1ncnc2c1ncn2[C@@H]1O[C@H](COP(=O)([O-])OC(=O)c2ccccc2O)[C@H](O)C1O. The second-order valence-corrected chi connectivity index (χ2v) is 8.10. The molecule has 0 saturated carbocycles. The van der Waals surface area contributed by atoms with E-state index < -0.39 is 50.7 Å². The van der Waals surface area contributed by atoms with Gasteiger partial charge in [0.2, 0.25) is 0 Å². The van der Waals surface area contributed by atoms with Gasteiger partial charge in [0, 0.05) is 0 Å². The number of phosphoric ester groups is 1. The Labute approximate surface area is 179 Å². The first-order valence-electron chi connectivity index (χ1n) is 9.10. The van der Waals surface area contributed by atoms with Crippen LogP contribution in [0.5, 0.6) is 5.75 Å². The highest BCUT2D eigenvalue weighted by molar-refractivity contribution is 7.46. The number of carbonyl (C=O) groups is 1. The van der Waals surface area contributed by atoms with Crippen LogP contribution in [0.25, 0.3) is 11.2 Å². The number of ether oxygens (including phenoxy) is 1. The number of anilines is 1. The Morgan fingerprint density at radius 2 is 2.00 bits per heavy atom. The van der Waals surface area contributed by atoms with Crippen molar-refractivity contribution in [2.45, 2.75) is 24.5 Å². The summed E-state index contributed by atoms with van der Waals surface area (Å²) in [6.45, 7) is -0.771. The maximum absolute atomic E-state index is 12.0. The van der Waals surface area contributed by atoms with E-state index in [1.807, 2.05) is 0 Å². The summed E-state index contributed by atoms with van der Waals surface area (Å²) in [6.07, 6.45) is -3.09. The molecule has 3 heterocycles. The first kappa shape index (κ1) is 22.1. The van der Waals surface area contributed by atoms with Gasteiger partial charge in [0.15, 0.2) is 17.7 Å². The van der Waals surface area contributed by atoms with Crippen LogP contribution in [0.2, 0.25) is 0 Å². The molecular formula is C17H17N5O9P-. The van der Waals surface area contributed by atoms with E-state index in [1.54, 1.807) is 0 Å². The zero-order valence-electron chi connectivity index (χ0n) is 16.1. The maximum atomic E-state index is 12.0. The fraction of sp³-hybridized carbons (Fsp3) is 0.294. The third kappa shape index (κ3) is 4.14. The smallest absolute Gasteiger partial charge is 0.347 e. The van der Waals surface area contributed by atoms with E-state index in [2.05, 4.69) is 24.0 Å². The molecule has 0 radical (unpaired) electrons. The molecule has 4 rings (SSSR count). The summed E-state index contributed by atoms with van der Waals surface area (Å²) in [5, 5.41) is 30.3. The molecule has 5 N–H and O–H groups in total. The molecule has 0 bridgehead atoms. The number of aromatic hydroxyl groups is 1. The standard InChI is InChI=1S/C17H18N5O9P/c18-14-11-15(20-6-19-14)22(7-21-11)16-13(25)12(24)10(30-16)5-29-32(27,28)31-17(26)8-3-1-2-4-9(8)23/h1-4,6-7,10,12-13,16,23-25H,5H2,(H,27,28)(H2,18,19,20)/p-1/t10-,12+,13?,16-/m1/s1. The molecule has 1 aromatic carbocycles. The minimum atomic E-state index is -5.20. The number of aromatic nitrogens is 4. The number of aliphatic hydroxyl groups excluding tert-OH is 2. The number of imidazole rings is 1. The van der Waals surface area contributed by atoms with E-state index in [4.69, 9.17) is 10.5 Å². The second kappa shape index (κ2) is 8.43. The summed E-state index contributed by atoms with van der Waals surface area (Å²) in [5.74, 6) is -1.73. The van der Waals surface area contributed by atoms with Crippen LogP contribution in [0, 0.1) is 0 Å². The van der Waals surface area contributed by atoms with Gasteiger partial charge in [0.05, 0.1) is 12.9 Å². The Morgan fingerprint density at radius 3 is 2.75 bits per heavy atom. The molecule has 0 spiro atoms. The third-order valence-electron chi connectivity index (χ3n) is 4.71. The predicted octanol–water partition coefficient (Wildman–Crippen LogP) is -0.925. The summed E-state index contributed by atoms with van der Waals surface area (Å²) in [4.78, 5) is 35.8. The lowest BCUT2D eigenvalue weighted by Gasteiger charge is -2.24. The Kier molecular flexibility index (Phi) is 5.81. The van der Waals surface area contributed by atoms with E-state index in [-0.39, 0.29) is 22.5 Å². The number of para-hydroxylation sites is 1. The van der Waals surface area contributed by atoms with Crippen molar-refractivity contribution in [1.82, 2.24) is 19.5 Å². The molecule has 170 valence electrons. The van der Waals surface area contributed by atoms with E-state index in [9.17, 15) is 29.6 Å².